The molecule has 0 aliphatic rings. The summed E-state index contributed by atoms with van der Waals surface area (Å²) in [5.41, 5.74) is 35.7. The number of aromatic nitrogens is 7. The maximum absolute atomic E-state index is 5.02. The van der Waals surface area contributed by atoms with Gasteiger partial charge in [-0.25, -0.2) is 34.9 Å². The van der Waals surface area contributed by atoms with E-state index in [1.807, 2.05) is 97.1 Å². The van der Waals surface area contributed by atoms with Crippen LogP contribution in [-0.2, 0) is 0 Å². The van der Waals surface area contributed by atoms with Gasteiger partial charge in [0.05, 0.1) is 34.2 Å². The van der Waals surface area contributed by atoms with Crippen molar-refractivity contribution in [2.75, 3.05) is 0 Å². The molecule has 0 radical (unpaired) electrons. The van der Waals surface area contributed by atoms with E-state index in [1.54, 1.807) is 0 Å². The highest BCUT2D eigenvalue weighted by atomic mass is 15.0. The van der Waals surface area contributed by atoms with Crippen LogP contribution in [0.25, 0.3) is 180 Å². The molecular weight excluding hydrogens is 1500 g/mol. The molecule has 0 spiro atoms. The predicted octanol–water partition coefficient (Wildman–Crippen LogP) is 30.4. The van der Waals surface area contributed by atoms with E-state index < -0.39 is 0 Å². The van der Waals surface area contributed by atoms with Crippen molar-refractivity contribution in [1.82, 2.24) is 34.9 Å². The van der Waals surface area contributed by atoms with Gasteiger partial charge in [-0.05, 0) is 137 Å². The summed E-state index contributed by atoms with van der Waals surface area (Å²) in [6, 6.07) is 162. The average Bonchev–Trinajstić information content (AvgIpc) is 0.813. The highest BCUT2D eigenvalue weighted by Crippen LogP contribution is 2.37. The van der Waals surface area contributed by atoms with Crippen LogP contribution in [0.5, 0.6) is 0 Å². The normalized spacial score (nSPS) is 10.7. The molecule has 20 rings (SSSR count). The quantitative estimate of drug-likeness (QED) is 0.0952. The first-order chi connectivity index (χ1) is 61.0. The third-order valence-corrected chi connectivity index (χ3v) is 21.7. The maximum atomic E-state index is 5.02. The number of hydrogen-bond acceptors (Lipinski definition) is 7. The second-order valence-corrected chi connectivity index (χ2v) is 30.7. The number of aryl methyl sites for hydroxylation is 4. The minimum atomic E-state index is 0.671. The molecule has 0 saturated heterocycles. The highest BCUT2D eigenvalue weighted by Gasteiger charge is 2.17. The molecule has 4 aromatic heterocycles. The molecule has 20 aromatic rings. The van der Waals surface area contributed by atoms with Gasteiger partial charge < -0.3 is 0 Å². The largest absolute Gasteiger partial charge is 0.248 e. The van der Waals surface area contributed by atoms with E-state index in [1.165, 1.54) is 89.0 Å². The monoisotopic (exact) mass is 1590 g/mol. The van der Waals surface area contributed by atoms with Gasteiger partial charge in [0.1, 0.15) is 0 Å². The zero-order valence-electron chi connectivity index (χ0n) is 69.6. The minimum Gasteiger partial charge on any atom is -0.248 e. The number of nitrogens with zero attached hydrogens (tertiary/aromatic N) is 7. The van der Waals surface area contributed by atoms with Gasteiger partial charge in [-0.2, -0.15) is 0 Å². The molecule has 0 aliphatic carbocycles. The fraction of sp³-hybridized carbons (Fsp3) is 0.0342. The Labute approximate surface area is 727 Å². The Morgan fingerprint density at radius 2 is 0.290 bits per heavy atom. The Hall–Kier alpha value is -16.1. The summed E-state index contributed by atoms with van der Waals surface area (Å²) in [6.07, 6.45) is 0. The number of hydrogen-bond donors (Lipinski definition) is 0. The van der Waals surface area contributed by atoms with E-state index in [0.717, 1.165) is 95.6 Å². The Morgan fingerprint density at radius 1 is 0.105 bits per heavy atom. The topological polar surface area (TPSA) is 90.2 Å². The highest BCUT2D eigenvalue weighted by molar-refractivity contribution is 5.82. The Morgan fingerprint density at radius 3 is 0.605 bits per heavy atom. The van der Waals surface area contributed by atoms with Crippen molar-refractivity contribution < 1.29 is 0 Å². The molecule has 0 unspecified atom stereocenters. The van der Waals surface area contributed by atoms with Crippen LogP contribution >= 0.6 is 0 Å². The van der Waals surface area contributed by atoms with Crippen molar-refractivity contribution in [1.29, 1.82) is 0 Å². The molecule has 124 heavy (non-hydrogen) atoms. The van der Waals surface area contributed by atoms with Gasteiger partial charge in [0.15, 0.2) is 23.3 Å². The molecule has 0 bridgehead atoms. The number of benzene rings is 16. The maximum Gasteiger partial charge on any atom is 0.164 e. The third-order valence-electron chi connectivity index (χ3n) is 21.7. The van der Waals surface area contributed by atoms with Crippen LogP contribution < -0.4 is 0 Å². The molecular formula is C117H89N7. The van der Waals surface area contributed by atoms with Gasteiger partial charge in [-0.3, -0.25) is 0 Å². The van der Waals surface area contributed by atoms with Crippen LogP contribution in [0.1, 0.15) is 22.3 Å². The number of rotatable bonds is 16. The van der Waals surface area contributed by atoms with Gasteiger partial charge in [0.25, 0.3) is 0 Å². The second-order valence-electron chi connectivity index (χ2n) is 30.7. The molecule has 0 amide bonds. The van der Waals surface area contributed by atoms with E-state index in [9.17, 15) is 0 Å². The van der Waals surface area contributed by atoms with Crippen molar-refractivity contribution in [2.24, 2.45) is 0 Å². The van der Waals surface area contributed by atoms with Crippen molar-refractivity contribution >= 4 is 0 Å². The Kier molecular flexibility index (Phi) is 25.1. The van der Waals surface area contributed by atoms with Crippen LogP contribution in [0.3, 0.4) is 0 Å². The summed E-state index contributed by atoms with van der Waals surface area (Å²) in [5, 5.41) is 0. The van der Waals surface area contributed by atoms with E-state index in [4.69, 9.17) is 34.9 Å². The van der Waals surface area contributed by atoms with Crippen molar-refractivity contribution in [3.63, 3.8) is 0 Å². The summed E-state index contributed by atoms with van der Waals surface area (Å²) in [4.78, 5) is 34.2. The lowest BCUT2D eigenvalue weighted by molar-refractivity contribution is 1.07. The van der Waals surface area contributed by atoms with E-state index in [0.29, 0.717) is 17.5 Å². The SMILES string of the molecule is Cc1ccc(-c2cc(-c3ccc(-c4ccccc4)cc3)cc(-c3ccccc3)n2)cc1.Cc1ccc(-c2cc(-c3ccccc3)nc(-c3ccc(-c4ccccc4)cc3)c2)cc1.Cc1cccc(-c2cc(-c3ccc(-c4ccccc4)cc3)nc(-c3ccccc3)n2)c1.Cc1cccc(-c2nc(-c3ccccc3)nc(-c3ccc(-c4ccccc4)cc3)n2)c1. The third kappa shape index (κ3) is 20.3. The summed E-state index contributed by atoms with van der Waals surface area (Å²) >= 11 is 0. The predicted molar refractivity (Wildman–Crippen MR) is 516 cm³/mol. The summed E-state index contributed by atoms with van der Waals surface area (Å²) in [5.74, 6) is 2.76. The zero-order valence-corrected chi connectivity index (χ0v) is 69.6. The van der Waals surface area contributed by atoms with Gasteiger partial charge in [-0.15, -0.1) is 0 Å². The Bertz CT molecular complexity index is 6460. The molecule has 7 nitrogen and oxygen atoms in total. The molecule has 4 heterocycles. The lowest BCUT2D eigenvalue weighted by atomic mass is 9.97. The van der Waals surface area contributed by atoms with E-state index >= 15 is 0 Å². The molecule has 0 fully saturated rings. The lowest BCUT2D eigenvalue weighted by Crippen LogP contribution is -2.00. The first-order valence-electron chi connectivity index (χ1n) is 41.9. The molecule has 0 N–H and O–H groups in total. The van der Waals surface area contributed by atoms with Crippen molar-refractivity contribution in [2.45, 2.75) is 27.7 Å². The molecule has 592 valence electrons. The molecule has 0 atom stereocenters. The lowest BCUT2D eigenvalue weighted by Gasteiger charge is -2.11. The summed E-state index contributed by atoms with van der Waals surface area (Å²) in [7, 11) is 0. The van der Waals surface area contributed by atoms with Crippen LogP contribution in [0.4, 0.5) is 0 Å². The van der Waals surface area contributed by atoms with Gasteiger partial charge in [0, 0.05) is 55.6 Å². The van der Waals surface area contributed by atoms with Crippen LogP contribution in [0.2, 0.25) is 0 Å². The number of pyridine rings is 2. The Balaban J connectivity index is 0.000000117. The van der Waals surface area contributed by atoms with Gasteiger partial charge in [-0.1, -0.05) is 447 Å². The van der Waals surface area contributed by atoms with Crippen LogP contribution in [0, 0.1) is 27.7 Å². The van der Waals surface area contributed by atoms with E-state index in [2.05, 4.69) is 398 Å². The van der Waals surface area contributed by atoms with E-state index in [-0.39, 0.29) is 0 Å². The van der Waals surface area contributed by atoms with Crippen molar-refractivity contribution in [3.8, 4) is 180 Å². The minimum absolute atomic E-state index is 0.671. The smallest absolute Gasteiger partial charge is 0.164 e. The van der Waals surface area contributed by atoms with Crippen LogP contribution in [0.15, 0.2) is 467 Å². The first-order valence-corrected chi connectivity index (χ1v) is 41.9. The van der Waals surface area contributed by atoms with Gasteiger partial charge in [0.2, 0.25) is 0 Å². The summed E-state index contributed by atoms with van der Waals surface area (Å²) in [6.45, 7) is 8.40. The van der Waals surface area contributed by atoms with Crippen molar-refractivity contribution in [3.05, 3.63) is 489 Å². The van der Waals surface area contributed by atoms with Gasteiger partial charge >= 0.3 is 0 Å². The molecule has 7 heteroatoms. The first kappa shape index (κ1) is 80.3. The van der Waals surface area contributed by atoms with Crippen LogP contribution in [-0.4, -0.2) is 34.9 Å². The summed E-state index contributed by atoms with van der Waals surface area (Å²) < 4.78 is 0. The zero-order chi connectivity index (χ0) is 84.2. The molecule has 0 aliphatic heterocycles. The fourth-order valence-electron chi connectivity index (χ4n) is 14.9. The molecule has 0 saturated carbocycles. The molecule has 16 aromatic carbocycles. The fourth-order valence-corrected chi connectivity index (χ4v) is 14.9. The standard InChI is InChI=1S/2C30H23N.C29H22N2.C28H21N3/c1-22-12-14-27(15-13-22)30-21-28(20-29(31-30)26-10-6-3-7-11-26)25-18-16-24(17-19-25)23-8-4-2-5-9-23;1-22-12-14-25(15-13-22)28-20-29(26-10-6-3-7-11-26)31-30(21-28)27-18-16-24(17-19-27)23-8-4-2-5-9-23;1-21-9-8-14-26(19-21)28-20-27(30-29(31-28)25-12-6-3-7-13-25)24-17-15-23(16-18-24)22-10-4-2-5-11-22;1-20-9-8-14-25(19-20)28-30-26(23-12-6-3-7-13-23)29-27(31-28)24-17-15-22(16-18-24)21-10-4-2-5-11-21/h2*2-21H,1H3;2-20H,1H3;2-19H,1H3. The second kappa shape index (κ2) is 38.8. The average molecular weight is 1590 g/mol.